The number of benzene rings is 3. The first-order valence-electron chi connectivity index (χ1n) is 9.23. The molecule has 2 heterocycles. The van der Waals surface area contributed by atoms with Crippen LogP contribution in [0, 0.1) is 0 Å². The van der Waals surface area contributed by atoms with Crippen molar-refractivity contribution in [2.45, 2.75) is 17.2 Å². The van der Waals surface area contributed by atoms with E-state index in [0.29, 0.717) is 11.1 Å². The molecule has 0 saturated heterocycles. The lowest BCUT2D eigenvalue weighted by atomic mass is 9.82. The number of fused-ring (bicyclic) bond motifs is 3. The third kappa shape index (κ3) is 2.69. The Labute approximate surface area is 167 Å². The summed E-state index contributed by atoms with van der Waals surface area (Å²) in [4.78, 5) is 29.4. The minimum Gasteiger partial charge on any atom is -0.289 e. The van der Waals surface area contributed by atoms with Crippen molar-refractivity contribution < 1.29 is 9.59 Å². The van der Waals surface area contributed by atoms with Gasteiger partial charge in [-0.25, -0.2) is 0 Å². The zero-order valence-electron chi connectivity index (χ0n) is 15.0. The van der Waals surface area contributed by atoms with Gasteiger partial charge in [0.05, 0.1) is 10.7 Å². The van der Waals surface area contributed by atoms with Gasteiger partial charge < -0.3 is 0 Å². The highest BCUT2D eigenvalue weighted by atomic mass is 32.2. The Hall–Kier alpha value is -3.11. The summed E-state index contributed by atoms with van der Waals surface area (Å²) in [7, 11) is 0. The third-order valence-electron chi connectivity index (χ3n) is 5.21. The number of thioether (sulfide) groups is 1. The molecule has 4 heteroatoms. The quantitative estimate of drug-likeness (QED) is 0.568. The van der Waals surface area contributed by atoms with Crippen molar-refractivity contribution in [3.8, 4) is 0 Å². The van der Waals surface area contributed by atoms with Gasteiger partial charge in [-0.05, 0) is 17.7 Å². The van der Waals surface area contributed by atoms with Crippen LogP contribution >= 0.6 is 11.8 Å². The standard InChI is InChI=1S/C24H17NO2S/c26-21-15-18(16-9-3-1-4-10-16)22(23(27)17-11-5-2-6-12-17)24-25(21)19-13-7-8-14-20(19)28-24/h1-14,18H,15H2. The van der Waals surface area contributed by atoms with Gasteiger partial charge in [-0.2, -0.15) is 0 Å². The number of hydrogen-bond donors (Lipinski definition) is 0. The van der Waals surface area contributed by atoms with Crippen LogP contribution < -0.4 is 4.90 Å². The fourth-order valence-corrected chi connectivity index (χ4v) is 5.15. The van der Waals surface area contributed by atoms with Crippen molar-refractivity contribution in [2.75, 3.05) is 4.90 Å². The van der Waals surface area contributed by atoms with E-state index >= 15 is 0 Å². The molecular formula is C24H17NO2S. The monoisotopic (exact) mass is 383 g/mol. The second kappa shape index (κ2) is 6.80. The van der Waals surface area contributed by atoms with E-state index in [-0.39, 0.29) is 24.0 Å². The Balaban J connectivity index is 1.72. The Morgan fingerprint density at radius 3 is 2.25 bits per heavy atom. The van der Waals surface area contributed by atoms with Gasteiger partial charge in [0.25, 0.3) is 0 Å². The third-order valence-corrected chi connectivity index (χ3v) is 6.37. The lowest BCUT2D eigenvalue weighted by Gasteiger charge is -2.32. The molecule has 0 fully saturated rings. The molecule has 0 N–H and O–H groups in total. The summed E-state index contributed by atoms with van der Waals surface area (Å²) in [6.45, 7) is 0. The van der Waals surface area contributed by atoms with E-state index < -0.39 is 0 Å². The lowest BCUT2D eigenvalue weighted by Crippen LogP contribution is -2.36. The molecule has 0 aromatic heterocycles. The molecule has 1 amide bonds. The maximum absolute atomic E-state index is 13.6. The van der Waals surface area contributed by atoms with Gasteiger partial charge in [-0.3, -0.25) is 14.5 Å². The van der Waals surface area contributed by atoms with E-state index in [1.165, 1.54) is 11.8 Å². The summed E-state index contributed by atoms with van der Waals surface area (Å²) in [5.74, 6) is -0.220. The maximum atomic E-state index is 13.6. The molecule has 0 aliphatic carbocycles. The summed E-state index contributed by atoms with van der Waals surface area (Å²) < 4.78 is 0. The Morgan fingerprint density at radius 1 is 0.857 bits per heavy atom. The van der Waals surface area contributed by atoms with Crippen molar-refractivity contribution in [3.63, 3.8) is 0 Å². The molecule has 5 rings (SSSR count). The van der Waals surface area contributed by atoms with Crippen LogP contribution in [0.1, 0.15) is 28.3 Å². The maximum Gasteiger partial charge on any atom is 0.232 e. The van der Waals surface area contributed by atoms with Crippen LogP contribution in [-0.2, 0) is 4.79 Å². The van der Waals surface area contributed by atoms with Crippen molar-refractivity contribution in [1.82, 2.24) is 0 Å². The molecule has 3 aromatic rings. The topological polar surface area (TPSA) is 37.4 Å². The molecule has 28 heavy (non-hydrogen) atoms. The highest BCUT2D eigenvalue weighted by molar-refractivity contribution is 8.03. The number of para-hydroxylation sites is 1. The first-order chi connectivity index (χ1) is 13.7. The molecule has 1 unspecified atom stereocenters. The zero-order valence-corrected chi connectivity index (χ0v) is 15.9. The number of nitrogens with zero attached hydrogens (tertiary/aromatic N) is 1. The van der Waals surface area contributed by atoms with Gasteiger partial charge in [0.2, 0.25) is 5.91 Å². The Bertz CT molecular complexity index is 1110. The molecule has 2 aliphatic heterocycles. The lowest BCUT2D eigenvalue weighted by molar-refractivity contribution is -0.118. The Kier molecular flexibility index (Phi) is 4.14. The van der Waals surface area contributed by atoms with E-state index in [9.17, 15) is 9.59 Å². The summed E-state index contributed by atoms with van der Waals surface area (Å²) in [6.07, 6.45) is 0.288. The highest BCUT2D eigenvalue weighted by Gasteiger charge is 2.42. The second-order valence-electron chi connectivity index (χ2n) is 6.88. The smallest absolute Gasteiger partial charge is 0.232 e. The summed E-state index contributed by atoms with van der Waals surface area (Å²) in [5.41, 5.74) is 3.23. The van der Waals surface area contributed by atoms with E-state index in [4.69, 9.17) is 0 Å². The SMILES string of the molecule is O=C(C1=C2Sc3ccccc3N2C(=O)CC1c1ccccc1)c1ccccc1. The fraction of sp³-hybridized carbons (Fsp3) is 0.0833. The minimum absolute atomic E-state index is 0.0118. The van der Waals surface area contributed by atoms with E-state index in [1.807, 2.05) is 84.9 Å². The van der Waals surface area contributed by atoms with Crippen LogP contribution in [-0.4, -0.2) is 11.7 Å². The molecule has 1 atom stereocenters. The van der Waals surface area contributed by atoms with Gasteiger partial charge in [0.1, 0.15) is 0 Å². The number of carbonyl (C=O) groups excluding carboxylic acids is 2. The molecule has 0 saturated carbocycles. The molecule has 0 bridgehead atoms. The van der Waals surface area contributed by atoms with Crippen LogP contribution in [0.25, 0.3) is 0 Å². The Morgan fingerprint density at radius 2 is 1.50 bits per heavy atom. The average molecular weight is 383 g/mol. The largest absolute Gasteiger partial charge is 0.289 e. The number of amides is 1. The molecule has 136 valence electrons. The van der Waals surface area contributed by atoms with Crippen LogP contribution in [0.4, 0.5) is 5.69 Å². The van der Waals surface area contributed by atoms with Crippen LogP contribution in [0.3, 0.4) is 0 Å². The number of hydrogen-bond acceptors (Lipinski definition) is 3. The van der Waals surface area contributed by atoms with Gasteiger partial charge in [-0.15, -0.1) is 0 Å². The van der Waals surface area contributed by atoms with E-state index in [1.54, 1.807) is 4.90 Å². The molecule has 0 spiro atoms. The molecule has 0 radical (unpaired) electrons. The van der Waals surface area contributed by atoms with Gasteiger partial charge in [0, 0.05) is 28.4 Å². The molecule has 3 aromatic carbocycles. The first-order valence-corrected chi connectivity index (χ1v) is 10.0. The number of anilines is 1. The highest BCUT2D eigenvalue weighted by Crippen LogP contribution is 2.53. The minimum atomic E-state index is -0.241. The van der Waals surface area contributed by atoms with Crippen LogP contribution in [0.15, 0.2) is 100 Å². The van der Waals surface area contributed by atoms with Gasteiger partial charge in [-0.1, -0.05) is 84.6 Å². The number of carbonyl (C=O) groups is 2. The fourth-order valence-electron chi connectivity index (χ4n) is 3.90. The molecule has 3 nitrogen and oxygen atoms in total. The van der Waals surface area contributed by atoms with Crippen LogP contribution in [0.5, 0.6) is 0 Å². The van der Waals surface area contributed by atoms with E-state index in [2.05, 4.69) is 0 Å². The molecular weight excluding hydrogens is 366 g/mol. The molecule has 2 aliphatic rings. The number of allylic oxidation sites excluding steroid dienone is 1. The predicted octanol–water partition coefficient (Wildman–Crippen LogP) is 5.41. The number of Topliss-reactive ketones (excluding diaryl/α,β-unsaturated/α-hetero) is 1. The summed E-state index contributed by atoms with van der Waals surface area (Å²) >= 11 is 1.52. The van der Waals surface area contributed by atoms with E-state index in [0.717, 1.165) is 21.2 Å². The van der Waals surface area contributed by atoms with Gasteiger partial charge in [0.15, 0.2) is 5.78 Å². The van der Waals surface area contributed by atoms with Crippen LogP contribution in [0.2, 0.25) is 0 Å². The predicted molar refractivity (Wildman–Crippen MR) is 111 cm³/mol. The normalized spacial score (nSPS) is 18.1. The van der Waals surface area contributed by atoms with Crippen molar-refractivity contribution in [3.05, 3.63) is 107 Å². The van der Waals surface area contributed by atoms with Crippen molar-refractivity contribution in [1.29, 1.82) is 0 Å². The summed E-state index contributed by atoms with van der Waals surface area (Å²) in [5, 5.41) is 0.750. The van der Waals surface area contributed by atoms with Crippen molar-refractivity contribution >= 4 is 29.1 Å². The number of rotatable bonds is 3. The van der Waals surface area contributed by atoms with Gasteiger partial charge >= 0.3 is 0 Å². The number of ketones is 1. The second-order valence-corrected chi connectivity index (χ2v) is 7.91. The summed E-state index contributed by atoms with van der Waals surface area (Å²) in [6, 6.07) is 27.0. The average Bonchev–Trinajstić information content (AvgIpc) is 3.14. The van der Waals surface area contributed by atoms with Crippen molar-refractivity contribution in [2.24, 2.45) is 0 Å². The first kappa shape index (κ1) is 17.0. The zero-order chi connectivity index (χ0) is 19.1.